The van der Waals surface area contributed by atoms with Crippen LogP contribution in [0.4, 0.5) is 0 Å². The van der Waals surface area contributed by atoms with E-state index in [2.05, 4.69) is 67.8 Å². The monoisotopic (exact) mass is 1350 g/mol. The van der Waals surface area contributed by atoms with Gasteiger partial charge in [-0.3, -0.25) is 4.79 Å². The molecule has 3 rings (SSSR count). The number of hydrogen-bond donors (Lipinski definition) is 12. The van der Waals surface area contributed by atoms with Gasteiger partial charge in [0.1, 0.15) is 73.2 Å². The number of allylic oxidation sites excluding steroid dienone is 9. The largest absolute Gasteiger partial charge is 0.394 e. The highest BCUT2D eigenvalue weighted by Gasteiger charge is 2.53. The maximum Gasteiger partial charge on any atom is 0.220 e. The van der Waals surface area contributed by atoms with Crippen LogP contribution >= 0.6 is 0 Å². The van der Waals surface area contributed by atoms with Gasteiger partial charge in [-0.1, -0.05) is 280 Å². The molecule has 0 aromatic heterocycles. The number of amides is 1. The second-order valence-electron chi connectivity index (χ2n) is 27.1. The van der Waals surface area contributed by atoms with Crippen LogP contribution < -0.4 is 5.32 Å². The lowest BCUT2D eigenvalue weighted by Crippen LogP contribution is -2.66. The Kier molecular flexibility index (Phi) is 52.2. The summed E-state index contributed by atoms with van der Waals surface area (Å²) in [5, 5.41) is 121. The fraction of sp³-hybridized carbons (Fsp3) is 0.855. The lowest BCUT2D eigenvalue weighted by molar-refractivity contribution is -0.379. The SMILES string of the molecule is CC/C=C\C/C=C\C/C=C\C/C=C\CCCCCCCCCCC(=O)NC(COC1OC(CO)C(OC2OC(CO)C(OC3OC(CO)C(O)C(O)C3O)C(O)C2O)C(O)C1O)C(O)/C=C/CCCCCCCCCCCCCCCCCCCCCCCCCCCCC. The first-order valence-electron chi connectivity index (χ1n) is 38.0. The summed E-state index contributed by atoms with van der Waals surface area (Å²) in [4.78, 5) is 13.4. The van der Waals surface area contributed by atoms with Crippen molar-refractivity contribution in [3.8, 4) is 0 Å². The lowest BCUT2D eigenvalue weighted by Gasteiger charge is -2.48. The average molecular weight is 1350 g/mol. The molecule has 554 valence electrons. The summed E-state index contributed by atoms with van der Waals surface area (Å²) < 4.78 is 34.4. The van der Waals surface area contributed by atoms with Crippen molar-refractivity contribution < 1.29 is 89.4 Å². The maximum absolute atomic E-state index is 13.4. The zero-order chi connectivity index (χ0) is 68.9. The minimum Gasteiger partial charge on any atom is -0.394 e. The molecule has 95 heavy (non-hydrogen) atoms. The minimum absolute atomic E-state index is 0.232. The molecule has 0 spiro atoms. The highest BCUT2D eigenvalue weighted by molar-refractivity contribution is 5.76. The smallest absolute Gasteiger partial charge is 0.220 e. The summed E-state index contributed by atoms with van der Waals surface area (Å²) in [6, 6.07) is -0.982. The third kappa shape index (κ3) is 38.2. The van der Waals surface area contributed by atoms with Gasteiger partial charge in [-0.15, -0.1) is 0 Å². The number of carbonyl (C=O) groups is 1. The maximum atomic E-state index is 13.4. The molecule has 0 saturated carbocycles. The molecule has 3 aliphatic rings. The molecule has 0 aromatic carbocycles. The summed E-state index contributed by atoms with van der Waals surface area (Å²) in [5.74, 6) is -0.283. The molecule has 12 N–H and O–H groups in total. The normalized spacial score (nSPS) is 27.5. The van der Waals surface area contributed by atoms with E-state index in [1.165, 1.54) is 173 Å². The van der Waals surface area contributed by atoms with Gasteiger partial charge in [0.05, 0.1) is 38.6 Å². The molecule has 0 aliphatic carbocycles. The van der Waals surface area contributed by atoms with Crippen molar-refractivity contribution in [1.82, 2.24) is 5.32 Å². The van der Waals surface area contributed by atoms with Crippen molar-refractivity contribution in [2.45, 2.75) is 388 Å². The van der Waals surface area contributed by atoms with Crippen LogP contribution in [0.5, 0.6) is 0 Å². The van der Waals surface area contributed by atoms with Crippen LogP contribution in [-0.4, -0.2) is 193 Å². The van der Waals surface area contributed by atoms with Gasteiger partial charge >= 0.3 is 0 Å². The van der Waals surface area contributed by atoms with E-state index in [0.29, 0.717) is 6.42 Å². The van der Waals surface area contributed by atoms with E-state index in [1.54, 1.807) is 6.08 Å². The van der Waals surface area contributed by atoms with Gasteiger partial charge in [0.25, 0.3) is 0 Å². The third-order valence-corrected chi connectivity index (χ3v) is 18.8. The fourth-order valence-corrected chi connectivity index (χ4v) is 12.7. The number of aliphatic hydroxyl groups excluding tert-OH is 11. The Hall–Kier alpha value is -2.51. The number of aliphatic hydroxyl groups is 11. The summed E-state index contributed by atoms with van der Waals surface area (Å²) in [7, 11) is 0. The molecular weight excluding hydrogens is 1210 g/mol. The number of rotatable bonds is 59. The molecule has 17 atom stereocenters. The van der Waals surface area contributed by atoms with E-state index in [4.69, 9.17) is 28.4 Å². The Bertz CT molecular complexity index is 1950. The van der Waals surface area contributed by atoms with Crippen molar-refractivity contribution in [3.63, 3.8) is 0 Å². The molecule has 19 heteroatoms. The second-order valence-corrected chi connectivity index (χ2v) is 27.1. The summed E-state index contributed by atoms with van der Waals surface area (Å²) in [6.45, 7) is 1.64. The van der Waals surface area contributed by atoms with Gasteiger partial charge in [-0.05, 0) is 57.8 Å². The molecule has 3 aliphatic heterocycles. The summed E-state index contributed by atoms with van der Waals surface area (Å²) in [5.41, 5.74) is 0. The predicted octanol–water partition coefficient (Wildman–Crippen LogP) is 11.5. The van der Waals surface area contributed by atoms with Crippen LogP contribution in [-0.2, 0) is 33.2 Å². The average Bonchev–Trinajstić information content (AvgIpc) is 0.787. The van der Waals surface area contributed by atoms with Gasteiger partial charge in [-0.2, -0.15) is 0 Å². The quantitative estimate of drug-likeness (QED) is 0.0199. The van der Waals surface area contributed by atoms with Gasteiger partial charge in [-0.25, -0.2) is 0 Å². The molecule has 3 saturated heterocycles. The van der Waals surface area contributed by atoms with E-state index in [0.717, 1.165) is 83.5 Å². The highest BCUT2D eigenvalue weighted by Crippen LogP contribution is 2.33. The van der Waals surface area contributed by atoms with E-state index < -0.39 is 124 Å². The Balaban J connectivity index is 1.40. The third-order valence-electron chi connectivity index (χ3n) is 18.8. The molecule has 17 unspecified atom stereocenters. The van der Waals surface area contributed by atoms with Gasteiger partial charge in [0.2, 0.25) is 5.91 Å². The van der Waals surface area contributed by atoms with Crippen LogP contribution in [0.15, 0.2) is 60.8 Å². The van der Waals surface area contributed by atoms with Crippen molar-refractivity contribution in [2.75, 3.05) is 26.4 Å². The van der Waals surface area contributed by atoms with E-state index in [9.17, 15) is 61.0 Å². The van der Waals surface area contributed by atoms with Crippen LogP contribution in [0.3, 0.4) is 0 Å². The Morgan fingerprint density at radius 2 is 0.726 bits per heavy atom. The molecule has 19 nitrogen and oxygen atoms in total. The standard InChI is InChI=1S/C76H137NO18/c1-3-5-7-9-11-13-15-17-19-21-23-25-26-27-28-29-30-31-32-34-35-37-39-41-43-45-47-49-51-53-60(81)59(77-64(82)54-52-50-48-46-44-42-40-38-36-33-24-22-20-18-16-14-12-10-8-6-4-2)58-90-74-70(88)67(85)72(62(56-79)92-74)95-76-71(89)68(86)73(63(57-80)93-76)94-75-69(87)66(84)65(83)61(55-78)91-75/h6,8,12,14,18,20,24,33,51,53,59-63,65-76,78-81,83-89H,3-5,7,9-11,13,15-17,19,21-23,25-32,34-50,52,54-58H2,1-2H3,(H,77,82)/b8-6-,14-12-,20-18-,33-24-,53-51+. The topological polar surface area (TPSA) is 307 Å². The van der Waals surface area contributed by atoms with Gasteiger partial charge < -0.3 is 89.9 Å². The predicted molar refractivity (Wildman–Crippen MR) is 374 cm³/mol. The zero-order valence-electron chi connectivity index (χ0n) is 58.9. The number of nitrogens with one attached hydrogen (secondary N) is 1. The molecular formula is C76H137NO18. The molecule has 3 heterocycles. The zero-order valence-corrected chi connectivity index (χ0v) is 58.9. The van der Waals surface area contributed by atoms with Crippen molar-refractivity contribution in [2.24, 2.45) is 0 Å². The van der Waals surface area contributed by atoms with Gasteiger partial charge in [0, 0.05) is 6.42 Å². The van der Waals surface area contributed by atoms with E-state index in [-0.39, 0.29) is 18.9 Å². The Morgan fingerprint density at radius 3 is 1.14 bits per heavy atom. The molecule has 0 aromatic rings. The molecule has 0 bridgehead atoms. The van der Waals surface area contributed by atoms with Crippen molar-refractivity contribution >= 4 is 5.91 Å². The Labute approximate surface area is 573 Å². The van der Waals surface area contributed by atoms with Crippen LogP contribution in [0.2, 0.25) is 0 Å². The first-order chi connectivity index (χ1) is 46.3. The van der Waals surface area contributed by atoms with Crippen LogP contribution in [0.25, 0.3) is 0 Å². The number of unbranched alkanes of at least 4 members (excludes halogenated alkanes) is 35. The number of ether oxygens (including phenoxy) is 6. The first-order valence-corrected chi connectivity index (χ1v) is 38.0. The van der Waals surface area contributed by atoms with Crippen molar-refractivity contribution in [3.05, 3.63) is 60.8 Å². The Morgan fingerprint density at radius 1 is 0.389 bits per heavy atom. The molecule has 0 radical (unpaired) electrons. The van der Waals surface area contributed by atoms with E-state index >= 15 is 0 Å². The lowest BCUT2D eigenvalue weighted by atomic mass is 9.96. The molecule has 1 amide bonds. The molecule has 3 fully saturated rings. The van der Waals surface area contributed by atoms with Crippen LogP contribution in [0.1, 0.15) is 284 Å². The number of carbonyl (C=O) groups excluding carboxylic acids is 1. The highest BCUT2D eigenvalue weighted by atomic mass is 16.8. The first kappa shape index (κ1) is 86.7. The minimum atomic E-state index is -1.98. The second kappa shape index (κ2) is 57.2. The summed E-state index contributed by atoms with van der Waals surface area (Å²) in [6.07, 6.45) is 44.8. The van der Waals surface area contributed by atoms with Crippen LogP contribution in [0, 0.1) is 0 Å². The summed E-state index contributed by atoms with van der Waals surface area (Å²) >= 11 is 0. The van der Waals surface area contributed by atoms with E-state index in [1.807, 2.05) is 6.08 Å². The van der Waals surface area contributed by atoms with Crippen molar-refractivity contribution in [1.29, 1.82) is 0 Å². The number of hydrogen-bond acceptors (Lipinski definition) is 18. The van der Waals surface area contributed by atoms with Gasteiger partial charge in [0.15, 0.2) is 18.9 Å². The fourth-order valence-electron chi connectivity index (χ4n) is 12.7.